The van der Waals surface area contributed by atoms with Crippen LogP contribution in [0.25, 0.3) is 0 Å². The third kappa shape index (κ3) is 6.41. The predicted octanol–water partition coefficient (Wildman–Crippen LogP) is 3.33. The minimum Gasteiger partial charge on any atom is -0.383 e. The van der Waals surface area contributed by atoms with Crippen LogP contribution in [0.1, 0.15) is 62.4 Å². The molecule has 1 amide bonds. The van der Waals surface area contributed by atoms with Crippen LogP contribution in [0.5, 0.6) is 0 Å². The van der Waals surface area contributed by atoms with E-state index >= 15 is 0 Å². The number of methoxy groups -OCH3 is 1. The number of pyridine rings is 1. The number of hydrogen-bond donors (Lipinski definition) is 1. The van der Waals surface area contributed by atoms with Crippen LogP contribution < -0.4 is 10.2 Å². The van der Waals surface area contributed by atoms with Crippen LogP contribution in [0.3, 0.4) is 0 Å². The van der Waals surface area contributed by atoms with Crippen molar-refractivity contribution in [3.8, 4) is 0 Å². The highest BCUT2D eigenvalue weighted by Gasteiger charge is 2.30. The van der Waals surface area contributed by atoms with Crippen molar-refractivity contribution in [2.75, 3.05) is 51.3 Å². The van der Waals surface area contributed by atoms with Gasteiger partial charge in [0, 0.05) is 39.3 Å². The van der Waals surface area contributed by atoms with Gasteiger partial charge in [0.1, 0.15) is 5.69 Å². The lowest BCUT2D eigenvalue weighted by Crippen LogP contribution is -2.44. The second kappa shape index (κ2) is 11.5. The molecule has 0 aliphatic carbocycles. The van der Waals surface area contributed by atoms with Crippen molar-refractivity contribution in [2.45, 2.75) is 57.9 Å². The van der Waals surface area contributed by atoms with Crippen LogP contribution >= 0.6 is 0 Å². The van der Waals surface area contributed by atoms with Gasteiger partial charge in [-0.3, -0.25) is 9.69 Å². The first kappa shape index (κ1) is 22.0. The highest BCUT2D eigenvalue weighted by Crippen LogP contribution is 2.28. The molecular weight excluding hydrogens is 364 g/mol. The highest BCUT2D eigenvalue weighted by atomic mass is 16.5. The van der Waals surface area contributed by atoms with Crippen molar-refractivity contribution in [1.82, 2.24) is 15.2 Å². The quantitative estimate of drug-likeness (QED) is 0.609. The van der Waals surface area contributed by atoms with Gasteiger partial charge in [0.25, 0.3) is 5.91 Å². The minimum absolute atomic E-state index is 0.144. The van der Waals surface area contributed by atoms with Crippen molar-refractivity contribution < 1.29 is 9.53 Å². The Morgan fingerprint density at radius 1 is 1.21 bits per heavy atom. The third-order valence-electron chi connectivity index (χ3n) is 6.45. The molecule has 162 valence electrons. The Labute approximate surface area is 176 Å². The highest BCUT2D eigenvalue weighted by molar-refractivity contribution is 5.92. The number of carbonyl (C=O) groups excluding carboxylic acids is 1. The summed E-state index contributed by atoms with van der Waals surface area (Å²) < 4.78 is 4.95. The number of carbonyl (C=O) groups is 1. The van der Waals surface area contributed by atoms with E-state index in [1.54, 1.807) is 7.11 Å². The lowest BCUT2D eigenvalue weighted by atomic mass is 10.00. The standard InChI is InChI=1S/C23H38N4O2/c1-3-4-5-6-19-9-13-27(18-19)20-10-14-26(15-11-20)21-7-8-22(25-17-21)23(28)24-12-16-29-2/h7-8,17,19-20H,3-6,9-16,18H2,1-2H3,(H,24,28). The van der Waals surface area contributed by atoms with E-state index in [4.69, 9.17) is 4.74 Å². The number of unbranched alkanes of at least 4 members (excludes halogenated alkanes) is 2. The normalized spacial score (nSPS) is 20.9. The van der Waals surface area contributed by atoms with Gasteiger partial charge in [-0.05, 0) is 50.3 Å². The largest absolute Gasteiger partial charge is 0.383 e. The van der Waals surface area contributed by atoms with Crippen LogP contribution in [0.2, 0.25) is 0 Å². The van der Waals surface area contributed by atoms with Crippen molar-refractivity contribution in [2.24, 2.45) is 5.92 Å². The lowest BCUT2D eigenvalue weighted by Gasteiger charge is -2.37. The average molecular weight is 403 g/mol. The smallest absolute Gasteiger partial charge is 0.269 e. The number of likely N-dealkylation sites (tertiary alicyclic amines) is 1. The number of nitrogens with zero attached hydrogens (tertiary/aromatic N) is 3. The fraction of sp³-hybridized carbons (Fsp3) is 0.739. The fourth-order valence-corrected chi connectivity index (χ4v) is 4.67. The van der Waals surface area contributed by atoms with E-state index in [0.717, 1.165) is 30.7 Å². The monoisotopic (exact) mass is 402 g/mol. The Morgan fingerprint density at radius 3 is 2.72 bits per heavy atom. The van der Waals surface area contributed by atoms with Gasteiger partial charge in [-0.1, -0.05) is 26.2 Å². The number of hydrogen-bond acceptors (Lipinski definition) is 5. The van der Waals surface area contributed by atoms with E-state index in [-0.39, 0.29) is 5.91 Å². The summed E-state index contributed by atoms with van der Waals surface area (Å²) >= 11 is 0. The number of aromatic nitrogens is 1. The number of ether oxygens (including phenoxy) is 1. The average Bonchev–Trinajstić information content (AvgIpc) is 3.23. The van der Waals surface area contributed by atoms with Gasteiger partial charge >= 0.3 is 0 Å². The second-order valence-electron chi connectivity index (χ2n) is 8.51. The zero-order chi connectivity index (χ0) is 20.5. The van der Waals surface area contributed by atoms with Gasteiger partial charge in [0.15, 0.2) is 0 Å². The molecule has 0 radical (unpaired) electrons. The van der Waals surface area contributed by atoms with E-state index in [0.29, 0.717) is 18.8 Å². The molecule has 1 unspecified atom stereocenters. The summed E-state index contributed by atoms with van der Waals surface area (Å²) in [6.07, 6.45) is 11.2. The first-order valence-electron chi connectivity index (χ1n) is 11.4. The van der Waals surface area contributed by atoms with E-state index in [9.17, 15) is 4.79 Å². The first-order chi connectivity index (χ1) is 14.2. The van der Waals surface area contributed by atoms with Crippen LogP contribution in [-0.2, 0) is 4.74 Å². The maximum atomic E-state index is 12.1. The maximum Gasteiger partial charge on any atom is 0.269 e. The summed E-state index contributed by atoms with van der Waals surface area (Å²) in [6, 6.07) is 4.59. The van der Waals surface area contributed by atoms with Gasteiger partial charge in [-0.25, -0.2) is 4.98 Å². The number of anilines is 1. The molecule has 2 fully saturated rings. The molecule has 0 saturated carbocycles. The van der Waals surface area contributed by atoms with Gasteiger partial charge in [0.05, 0.1) is 18.5 Å². The van der Waals surface area contributed by atoms with E-state index in [1.807, 2.05) is 18.3 Å². The molecule has 1 aromatic rings. The molecule has 2 aliphatic heterocycles. The summed E-state index contributed by atoms with van der Waals surface area (Å²) in [5.74, 6) is 0.779. The third-order valence-corrected chi connectivity index (χ3v) is 6.45. The summed E-state index contributed by atoms with van der Waals surface area (Å²) in [4.78, 5) is 21.6. The Hall–Kier alpha value is -1.66. The zero-order valence-electron chi connectivity index (χ0n) is 18.2. The molecule has 1 aromatic heterocycles. The summed E-state index contributed by atoms with van der Waals surface area (Å²) in [6.45, 7) is 8.04. The molecule has 6 heteroatoms. The van der Waals surface area contributed by atoms with Crippen molar-refractivity contribution >= 4 is 11.6 Å². The molecule has 2 saturated heterocycles. The Kier molecular flexibility index (Phi) is 8.74. The maximum absolute atomic E-state index is 12.1. The van der Waals surface area contributed by atoms with Crippen LogP contribution in [0.15, 0.2) is 18.3 Å². The molecule has 2 aliphatic rings. The predicted molar refractivity (Wildman–Crippen MR) is 118 cm³/mol. The molecule has 0 spiro atoms. The van der Waals surface area contributed by atoms with Gasteiger partial charge in [-0.15, -0.1) is 0 Å². The molecule has 3 heterocycles. The topological polar surface area (TPSA) is 57.7 Å². The Morgan fingerprint density at radius 2 is 2.03 bits per heavy atom. The van der Waals surface area contributed by atoms with Crippen LogP contribution in [-0.4, -0.2) is 68.3 Å². The minimum atomic E-state index is -0.144. The Balaban J connectivity index is 1.42. The summed E-state index contributed by atoms with van der Waals surface area (Å²) in [7, 11) is 1.62. The number of piperidine rings is 1. The van der Waals surface area contributed by atoms with Gasteiger partial charge in [-0.2, -0.15) is 0 Å². The summed E-state index contributed by atoms with van der Waals surface area (Å²) in [5, 5.41) is 2.81. The fourth-order valence-electron chi connectivity index (χ4n) is 4.67. The van der Waals surface area contributed by atoms with Gasteiger partial charge < -0.3 is 15.0 Å². The van der Waals surface area contributed by atoms with E-state index < -0.39 is 0 Å². The van der Waals surface area contributed by atoms with Crippen molar-refractivity contribution in [3.05, 3.63) is 24.0 Å². The van der Waals surface area contributed by atoms with Crippen LogP contribution in [0.4, 0.5) is 5.69 Å². The molecule has 0 bridgehead atoms. The van der Waals surface area contributed by atoms with Crippen molar-refractivity contribution in [1.29, 1.82) is 0 Å². The lowest BCUT2D eigenvalue weighted by molar-refractivity contribution is 0.0932. The van der Waals surface area contributed by atoms with Gasteiger partial charge in [0.2, 0.25) is 0 Å². The van der Waals surface area contributed by atoms with Crippen LogP contribution in [0, 0.1) is 5.92 Å². The van der Waals surface area contributed by atoms with E-state index in [1.165, 1.54) is 58.0 Å². The molecule has 6 nitrogen and oxygen atoms in total. The first-order valence-corrected chi connectivity index (χ1v) is 11.4. The summed E-state index contributed by atoms with van der Waals surface area (Å²) in [5.41, 5.74) is 1.58. The molecule has 1 N–H and O–H groups in total. The molecule has 1 atom stereocenters. The molecule has 29 heavy (non-hydrogen) atoms. The Bertz CT molecular complexity index is 614. The molecule has 0 aromatic carbocycles. The number of amides is 1. The zero-order valence-corrected chi connectivity index (χ0v) is 18.2. The van der Waals surface area contributed by atoms with E-state index in [2.05, 4.69) is 27.0 Å². The number of nitrogens with one attached hydrogen (secondary N) is 1. The molecular formula is C23H38N4O2. The second-order valence-corrected chi connectivity index (χ2v) is 8.51. The number of rotatable bonds is 10. The van der Waals surface area contributed by atoms with Crippen molar-refractivity contribution in [3.63, 3.8) is 0 Å². The molecule has 3 rings (SSSR count). The SMILES string of the molecule is CCCCCC1CCN(C2CCN(c3ccc(C(=O)NCCOC)nc3)CC2)C1.